The van der Waals surface area contributed by atoms with Gasteiger partial charge in [-0.2, -0.15) is 0 Å². The SMILES string of the molecule is C#Cc1ccc(-c2nnc(NC3CC(C)(OC)C3)c3ncccc23)c(O)c1. The second-order valence-corrected chi connectivity index (χ2v) is 7.08. The van der Waals surface area contributed by atoms with Crippen LogP contribution in [0.2, 0.25) is 0 Å². The zero-order valence-corrected chi connectivity index (χ0v) is 15.2. The number of rotatable bonds is 4. The zero-order valence-electron chi connectivity index (χ0n) is 15.2. The van der Waals surface area contributed by atoms with Crippen molar-refractivity contribution < 1.29 is 9.84 Å². The van der Waals surface area contributed by atoms with Gasteiger partial charge in [0, 0.05) is 35.9 Å². The average molecular weight is 360 g/mol. The predicted molar refractivity (Wildman–Crippen MR) is 104 cm³/mol. The molecular formula is C21H20N4O2. The minimum atomic E-state index is -0.0845. The molecule has 3 aromatic rings. The van der Waals surface area contributed by atoms with Crippen LogP contribution in [0, 0.1) is 12.3 Å². The van der Waals surface area contributed by atoms with Crippen molar-refractivity contribution in [3.8, 4) is 29.4 Å². The van der Waals surface area contributed by atoms with Gasteiger partial charge in [0.05, 0.1) is 5.60 Å². The van der Waals surface area contributed by atoms with Gasteiger partial charge in [0.15, 0.2) is 5.82 Å². The Morgan fingerprint density at radius 2 is 2.11 bits per heavy atom. The van der Waals surface area contributed by atoms with Crippen LogP contribution in [0.5, 0.6) is 5.75 Å². The van der Waals surface area contributed by atoms with Crippen LogP contribution in [0.4, 0.5) is 5.82 Å². The molecule has 27 heavy (non-hydrogen) atoms. The lowest BCUT2D eigenvalue weighted by molar-refractivity contribution is -0.0625. The first-order chi connectivity index (χ1) is 13.0. The van der Waals surface area contributed by atoms with Crippen LogP contribution >= 0.6 is 0 Å². The number of aromatic hydroxyl groups is 1. The molecule has 1 saturated carbocycles. The molecule has 0 radical (unpaired) electrons. The van der Waals surface area contributed by atoms with E-state index in [2.05, 4.69) is 33.3 Å². The number of anilines is 1. The number of nitrogens with one attached hydrogen (secondary N) is 1. The van der Waals surface area contributed by atoms with Crippen molar-refractivity contribution in [1.29, 1.82) is 0 Å². The molecule has 1 aliphatic carbocycles. The largest absolute Gasteiger partial charge is 0.507 e. The molecule has 2 N–H and O–H groups in total. The third-order valence-corrected chi connectivity index (χ3v) is 5.15. The summed E-state index contributed by atoms with van der Waals surface area (Å²) in [6.45, 7) is 2.10. The molecule has 0 saturated heterocycles. The molecule has 1 aliphatic rings. The number of fused-ring (bicyclic) bond motifs is 1. The van der Waals surface area contributed by atoms with Crippen LogP contribution in [0.15, 0.2) is 36.5 Å². The Morgan fingerprint density at radius 3 is 2.81 bits per heavy atom. The summed E-state index contributed by atoms with van der Waals surface area (Å²) in [6, 6.07) is 9.10. The maximum Gasteiger partial charge on any atom is 0.175 e. The molecule has 0 bridgehead atoms. The van der Waals surface area contributed by atoms with E-state index in [0.717, 1.165) is 18.2 Å². The minimum absolute atomic E-state index is 0.0699. The van der Waals surface area contributed by atoms with Crippen molar-refractivity contribution in [3.63, 3.8) is 0 Å². The van der Waals surface area contributed by atoms with E-state index in [1.54, 1.807) is 31.5 Å². The van der Waals surface area contributed by atoms with E-state index in [9.17, 15) is 5.11 Å². The normalized spacial score (nSPS) is 21.4. The van der Waals surface area contributed by atoms with Gasteiger partial charge in [-0.3, -0.25) is 4.98 Å². The molecular weight excluding hydrogens is 340 g/mol. The van der Waals surface area contributed by atoms with Gasteiger partial charge in [-0.1, -0.05) is 5.92 Å². The molecule has 2 aromatic heterocycles. The number of hydrogen-bond donors (Lipinski definition) is 2. The number of nitrogens with zero attached hydrogens (tertiary/aromatic N) is 3. The number of benzene rings is 1. The molecule has 1 aromatic carbocycles. The minimum Gasteiger partial charge on any atom is -0.507 e. The Kier molecular flexibility index (Phi) is 4.17. The van der Waals surface area contributed by atoms with Gasteiger partial charge >= 0.3 is 0 Å². The quantitative estimate of drug-likeness (QED) is 0.695. The Hall–Kier alpha value is -3.17. The average Bonchev–Trinajstić information content (AvgIpc) is 2.67. The lowest BCUT2D eigenvalue weighted by Crippen LogP contribution is -2.49. The number of methoxy groups -OCH3 is 1. The molecule has 0 atom stereocenters. The van der Waals surface area contributed by atoms with Crippen molar-refractivity contribution >= 4 is 16.7 Å². The van der Waals surface area contributed by atoms with E-state index >= 15 is 0 Å². The van der Waals surface area contributed by atoms with Gasteiger partial charge in [0.25, 0.3) is 0 Å². The fourth-order valence-electron chi connectivity index (χ4n) is 3.55. The monoisotopic (exact) mass is 360 g/mol. The van der Waals surface area contributed by atoms with Crippen molar-refractivity contribution in [2.75, 3.05) is 12.4 Å². The summed E-state index contributed by atoms with van der Waals surface area (Å²) in [5.41, 5.74) is 2.38. The third-order valence-electron chi connectivity index (χ3n) is 5.15. The topological polar surface area (TPSA) is 80.2 Å². The fraction of sp³-hybridized carbons (Fsp3) is 0.286. The number of hydrogen-bond acceptors (Lipinski definition) is 6. The van der Waals surface area contributed by atoms with Crippen LogP contribution in [0.1, 0.15) is 25.3 Å². The van der Waals surface area contributed by atoms with Gasteiger partial charge in [0.2, 0.25) is 0 Å². The second kappa shape index (κ2) is 6.53. The van der Waals surface area contributed by atoms with Gasteiger partial charge in [-0.15, -0.1) is 16.6 Å². The molecule has 2 heterocycles. The number of phenolic OH excluding ortho intramolecular Hbond substituents is 1. The Labute approximate surface area is 157 Å². The number of pyridine rings is 1. The summed E-state index contributed by atoms with van der Waals surface area (Å²) in [5.74, 6) is 3.22. The third kappa shape index (κ3) is 3.07. The number of aromatic nitrogens is 3. The molecule has 0 aliphatic heterocycles. The molecule has 136 valence electrons. The molecule has 6 nitrogen and oxygen atoms in total. The number of phenols is 1. The fourth-order valence-corrected chi connectivity index (χ4v) is 3.55. The predicted octanol–water partition coefficient (Wildman–Crippen LogP) is 3.36. The molecule has 1 fully saturated rings. The summed E-state index contributed by atoms with van der Waals surface area (Å²) in [5, 5.41) is 23.3. The summed E-state index contributed by atoms with van der Waals surface area (Å²) in [7, 11) is 1.74. The summed E-state index contributed by atoms with van der Waals surface area (Å²) in [6.07, 6.45) is 8.92. The highest BCUT2D eigenvalue weighted by atomic mass is 16.5. The van der Waals surface area contributed by atoms with Gasteiger partial charge in [-0.25, -0.2) is 0 Å². The highest BCUT2D eigenvalue weighted by Crippen LogP contribution is 2.38. The maximum absolute atomic E-state index is 10.4. The lowest BCUT2D eigenvalue weighted by atomic mass is 9.77. The van der Waals surface area contributed by atoms with E-state index in [0.29, 0.717) is 28.2 Å². The zero-order chi connectivity index (χ0) is 19.0. The summed E-state index contributed by atoms with van der Waals surface area (Å²) in [4.78, 5) is 4.49. The van der Waals surface area contributed by atoms with Gasteiger partial charge in [-0.05, 0) is 50.1 Å². The molecule has 0 spiro atoms. The van der Waals surface area contributed by atoms with E-state index in [1.165, 1.54) is 0 Å². The van der Waals surface area contributed by atoms with E-state index in [4.69, 9.17) is 11.2 Å². The maximum atomic E-state index is 10.4. The van der Waals surface area contributed by atoms with Crippen molar-refractivity contribution in [2.24, 2.45) is 0 Å². The van der Waals surface area contributed by atoms with E-state index < -0.39 is 0 Å². The van der Waals surface area contributed by atoms with Crippen molar-refractivity contribution in [3.05, 3.63) is 42.1 Å². The second-order valence-electron chi connectivity index (χ2n) is 7.08. The highest BCUT2D eigenvalue weighted by molar-refractivity contribution is 5.98. The van der Waals surface area contributed by atoms with Gasteiger partial charge in [0.1, 0.15) is 17.0 Å². The Morgan fingerprint density at radius 1 is 1.30 bits per heavy atom. The van der Waals surface area contributed by atoms with Crippen molar-refractivity contribution in [1.82, 2.24) is 15.2 Å². The van der Waals surface area contributed by atoms with E-state index in [-0.39, 0.29) is 17.4 Å². The van der Waals surface area contributed by atoms with Crippen LogP contribution in [0.3, 0.4) is 0 Å². The molecule has 0 amide bonds. The van der Waals surface area contributed by atoms with Gasteiger partial charge < -0.3 is 15.2 Å². The Bertz CT molecular complexity index is 1050. The molecule has 0 unspecified atom stereocenters. The molecule has 4 rings (SSSR count). The number of terminal acetylenes is 1. The van der Waals surface area contributed by atoms with Crippen LogP contribution in [-0.4, -0.2) is 39.0 Å². The van der Waals surface area contributed by atoms with Crippen LogP contribution in [-0.2, 0) is 4.74 Å². The lowest BCUT2D eigenvalue weighted by Gasteiger charge is -2.44. The first-order valence-electron chi connectivity index (χ1n) is 8.76. The summed E-state index contributed by atoms with van der Waals surface area (Å²) < 4.78 is 5.50. The first kappa shape index (κ1) is 17.3. The first-order valence-corrected chi connectivity index (χ1v) is 8.76. The standard InChI is InChI=1S/C21H20N4O2/c1-4-13-7-8-15(17(26)10-13)18-16-6-5-9-22-19(16)20(25-24-18)23-14-11-21(2,12-14)27-3/h1,5-10,14,26H,11-12H2,2-3H3,(H,23,25). The van der Waals surface area contributed by atoms with Crippen molar-refractivity contribution in [2.45, 2.75) is 31.4 Å². The van der Waals surface area contributed by atoms with Crippen LogP contribution in [0.25, 0.3) is 22.2 Å². The van der Waals surface area contributed by atoms with Crippen LogP contribution < -0.4 is 5.32 Å². The highest BCUT2D eigenvalue weighted by Gasteiger charge is 2.40. The number of ether oxygens (including phenoxy) is 1. The Balaban J connectivity index is 1.72. The molecule has 6 heteroatoms. The summed E-state index contributed by atoms with van der Waals surface area (Å²) >= 11 is 0. The van der Waals surface area contributed by atoms with E-state index in [1.807, 2.05) is 12.1 Å². The smallest absolute Gasteiger partial charge is 0.175 e.